The van der Waals surface area contributed by atoms with E-state index in [0.29, 0.717) is 17.7 Å². The Morgan fingerprint density at radius 2 is 1.86 bits per heavy atom. The first-order valence-electron chi connectivity index (χ1n) is 5.75. The van der Waals surface area contributed by atoms with Crippen molar-refractivity contribution < 1.29 is 4.79 Å². The number of fused-ring (bicyclic) bond motifs is 1. The van der Waals surface area contributed by atoms with Crippen molar-refractivity contribution in [3.8, 4) is 0 Å². The standard InChI is InChI=1S/C11H18N2O/c1-7-2-10(7)11(14)13-5-8-3-12-4-9(8)6-13/h7-10,12H,2-6H2,1H3/t7-,8?,9?,10+/m1/s1. The minimum absolute atomic E-state index is 0.377. The van der Waals surface area contributed by atoms with Gasteiger partial charge in [0.2, 0.25) is 5.91 Å². The highest BCUT2D eigenvalue weighted by molar-refractivity contribution is 5.81. The number of hydrogen-bond donors (Lipinski definition) is 1. The summed E-state index contributed by atoms with van der Waals surface area (Å²) in [4.78, 5) is 14.1. The van der Waals surface area contributed by atoms with Gasteiger partial charge in [0.1, 0.15) is 0 Å². The summed E-state index contributed by atoms with van der Waals surface area (Å²) in [6.45, 7) is 6.45. The average molecular weight is 194 g/mol. The lowest BCUT2D eigenvalue weighted by molar-refractivity contribution is -0.132. The second-order valence-electron chi connectivity index (χ2n) is 5.24. The van der Waals surface area contributed by atoms with Crippen LogP contribution in [0.5, 0.6) is 0 Å². The fourth-order valence-corrected chi connectivity index (χ4v) is 2.94. The van der Waals surface area contributed by atoms with Crippen molar-refractivity contribution in [2.75, 3.05) is 26.2 Å². The average Bonchev–Trinajstić information content (AvgIpc) is 2.62. The normalized spacial score (nSPS) is 45.4. The molecular weight excluding hydrogens is 176 g/mol. The van der Waals surface area contributed by atoms with Crippen molar-refractivity contribution in [2.45, 2.75) is 13.3 Å². The van der Waals surface area contributed by atoms with Crippen LogP contribution < -0.4 is 5.32 Å². The molecule has 2 saturated heterocycles. The van der Waals surface area contributed by atoms with Crippen LogP contribution in [0.15, 0.2) is 0 Å². The van der Waals surface area contributed by atoms with Crippen LogP contribution in [0, 0.1) is 23.7 Å². The number of hydrogen-bond acceptors (Lipinski definition) is 2. The summed E-state index contributed by atoms with van der Waals surface area (Å²) in [5.41, 5.74) is 0. The molecule has 0 radical (unpaired) electrons. The number of carbonyl (C=O) groups is 1. The molecule has 2 aliphatic heterocycles. The van der Waals surface area contributed by atoms with E-state index in [4.69, 9.17) is 0 Å². The SMILES string of the molecule is C[C@@H]1C[C@@H]1C(=O)N1CC2CNCC2C1. The lowest BCUT2D eigenvalue weighted by Gasteiger charge is -2.17. The van der Waals surface area contributed by atoms with Crippen LogP contribution >= 0.6 is 0 Å². The van der Waals surface area contributed by atoms with Crippen LogP contribution in [0.4, 0.5) is 0 Å². The second kappa shape index (κ2) is 2.96. The molecule has 0 spiro atoms. The first-order valence-corrected chi connectivity index (χ1v) is 5.75. The molecule has 4 atom stereocenters. The third kappa shape index (κ3) is 1.26. The quantitative estimate of drug-likeness (QED) is 0.652. The van der Waals surface area contributed by atoms with Crippen LogP contribution in [0.1, 0.15) is 13.3 Å². The molecule has 1 N–H and O–H groups in total. The molecular formula is C11H18N2O. The summed E-state index contributed by atoms with van der Waals surface area (Å²) in [6, 6.07) is 0. The molecule has 2 heterocycles. The number of likely N-dealkylation sites (tertiary alicyclic amines) is 1. The van der Waals surface area contributed by atoms with Gasteiger partial charge >= 0.3 is 0 Å². The van der Waals surface area contributed by atoms with E-state index in [1.165, 1.54) is 0 Å². The number of nitrogens with zero attached hydrogens (tertiary/aromatic N) is 1. The van der Waals surface area contributed by atoms with Crippen molar-refractivity contribution in [1.82, 2.24) is 10.2 Å². The molecule has 0 aromatic carbocycles. The van der Waals surface area contributed by atoms with Crippen LogP contribution in [-0.2, 0) is 4.79 Å². The predicted molar refractivity (Wildman–Crippen MR) is 53.7 cm³/mol. The zero-order valence-electron chi connectivity index (χ0n) is 8.70. The van der Waals surface area contributed by atoms with Crippen LogP contribution in [0.25, 0.3) is 0 Å². The summed E-state index contributed by atoms with van der Waals surface area (Å²) in [5.74, 6) is 2.95. The number of amides is 1. The smallest absolute Gasteiger partial charge is 0.225 e. The number of rotatable bonds is 1. The number of carbonyl (C=O) groups excluding carboxylic acids is 1. The second-order valence-corrected chi connectivity index (χ2v) is 5.24. The van der Waals surface area contributed by atoms with Gasteiger partial charge in [-0.3, -0.25) is 4.79 Å². The van der Waals surface area contributed by atoms with Gasteiger partial charge in [0.05, 0.1) is 0 Å². The van der Waals surface area contributed by atoms with E-state index in [9.17, 15) is 4.79 Å². The van der Waals surface area contributed by atoms with Gasteiger partial charge in [0.15, 0.2) is 0 Å². The van der Waals surface area contributed by atoms with E-state index >= 15 is 0 Å². The third-order valence-corrected chi connectivity index (χ3v) is 4.13. The van der Waals surface area contributed by atoms with Crippen LogP contribution in [-0.4, -0.2) is 37.0 Å². The monoisotopic (exact) mass is 194 g/mol. The maximum atomic E-state index is 12.0. The minimum atomic E-state index is 0.377. The first-order chi connectivity index (χ1) is 6.75. The highest BCUT2D eigenvalue weighted by Gasteiger charge is 2.45. The summed E-state index contributed by atoms with van der Waals surface area (Å²) in [6.07, 6.45) is 1.13. The Bertz CT molecular complexity index is 254. The summed E-state index contributed by atoms with van der Waals surface area (Å²) >= 11 is 0. The Labute approximate surface area is 84.8 Å². The van der Waals surface area contributed by atoms with Gasteiger partial charge in [0, 0.05) is 32.1 Å². The Balaban J connectivity index is 1.62. The Hall–Kier alpha value is -0.570. The minimum Gasteiger partial charge on any atom is -0.342 e. The van der Waals surface area contributed by atoms with E-state index in [-0.39, 0.29) is 0 Å². The van der Waals surface area contributed by atoms with Crippen molar-refractivity contribution in [3.05, 3.63) is 0 Å². The lowest BCUT2D eigenvalue weighted by atomic mass is 10.0. The zero-order chi connectivity index (χ0) is 9.71. The van der Waals surface area contributed by atoms with E-state index < -0.39 is 0 Å². The van der Waals surface area contributed by atoms with E-state index in [2.05, 4.69) is 17.1 Å². The molecule has 3 heteroatoms. The van der Waals surface area contributed by atoms with E-state index in [1.807, 2.05) is 0 Å². The molecule has 0 aromatic rings. The van der Waals surface area contributed by atoms with Gasteiger partial charge in [-0.1, -0.05) is 6.92 Å². The van der Waals surface area contributed by atoms with Crippen molar-refractivity contribution in [1.29, 1.82) is 0 Å². The van der Waals surface area contributed by atoms with Crippen molar-refractivity contribution in [3.63, 3.8) is 0 Å². The Morgan fingerprint density at radius 1 is 1.29 bits per heavy atom. The molecule has 3 aliphatic rings. The fourth-order valence-electron chi connectivity index (χ4n) is 2.94. The molecule has 0 aromatic heterocycles. The zero-order valence-corrected chi connectivity index (χ0v) is 8.70. The van der Waals surface area contributed by atoms with E-state index in [1.54, 1.807) is 0 Å². The van der Waals surface area contributed by atoms with Gasteiger partial charge in [-0.15, -0.1) is 0 Å². The van der Waals surface area contributed by atoms with Crippen molar-refractivity contribution >= 4 is 5.91 Å². The molecule has 1 aliphatic carbocycles. The first kappa shape index (κ1) is 8.72. The third-order valence-electron chi connectivity index (χ3n) is 4.13. The molecule has 3 fully saturated rings. The maximum absolute atomic E-state index is 12.0. The molecule has 3 rings (SSSR count). The summed E-state index contributed by atoms with van der Waals surface area (Å²) in [7, 11) is 0. The predicted octanol–water partition coefficient (Wildman–Crippen LogP) is 0.320. The van der Waals surface area contributed by atoms with Gasteiger partial charge in [0.25, 0.3) is 0 Å². The van der Waals surface area contributed by atoms with Crippen LogP contribution in [0.2, 0.25) is 0 Å². The lowest BCUT2D eigenvalue weighted by Crippen LogP contribution is -2.33. The van der Waals surface area contributed by atoms with E-state index in [0.717, 1.165) is 44.4 Å². The van der Waals surface area contributed by atoms with Gasteiger partial charge in [-0.05, 0) is 24.2 Å². The van der Waals surface area contributed by atoms with Gasteiger partial charge in [-0.25, -0.2) is 0 Å². The van der Waals surface area contributed by atoms with Gasteiger partial charge < -0.3 is 10.2 Å². The largest absolute Gasteiger partial charge is 0.342 e. The molecule has 14 heavy (non-hydrogen) atoms. The highest BCUT2D eigenvalue weighted by atomic mass is 16.2. The summed E-state index contributed by atoms with van der Waals surface area (Å²) in [5, 5.41) is 3.40. The molecule has 1 saturated carbocycles. The molecule has 2 unspecified atom stereocenters. The maximum Gasteiger partial charge on any atom is 0.225 e. The highest BCUT2D eigenvalue weighted by Crippen LogP contribution is 2.40. The Kier molecular flexibility index (Phi) is 1.84. The topological polar surface area (TPSA) is 32.3 Å². The fraction of sp³-hybridized carbons (Fsp3) is 0.909. The molecule has 1 amide bonds. The van der Waals surface area contributed by atoms with Gasteiger partial charge in [-0.2, -0.15) is 0 Å². The van der Waals surface area contributed by atoms with Crippen LogP contribution in [0.3, 0.4) is 0 Å². The Morgan fingerprint density at radius 3 is 2.36 bits per heavy atom. The molecule has 78 valence electrons. The number of nitrogens with one attached hydrogen (secondary N) is 1. The van der Waals surface area contributed by atoms with Crippen molar-refractivity contribution in [2.24, 2.45) is 23.7 Å². The summed E-state index contributed by atoms with van der Waals surface area (Å²) < 4.78 is 0. The molecule has 0 bridgehead atoms. The molecule has 3 nitrogen and oxygen atoms in total.